The van der Waals surface area contributed by atoms with E-state index in [9.17, 15) is 19.1 Å². The van der Waals surface area contributed by atoms with E-state index >= 15 is 0 Å². The van der Waals surface area contributed by atoms with Gasteiger partial charge < -0.3 is 19.9 Å². The first-order valence-corrected chi connectivity index (χ1v) is 10.7. The minimum Gasteiger partial charge on any atom is -0.474 e. The van der Waals surface area contributed by atoms with Gasteiger partial charge in [-0.2, -0.15) is 0 Å². The van der Waals surface area contributed by atoms with E-state index in [0.29, 0.717) is 43.3 Å². The predicted molar refractivity (Wildman–Crippen MR) is 115 cm³/mol. The lowest BCUT2D eigenvalue weighted by atomic mass is 9.99. The molecule has 1 unspecified atom stereocenters. The topological polar surface area (TPSA) is 101 Å². The standard InChI is InChI=1S/C23H26FN3O5/c1-14-13-32-22-19(27(14)23(29)30)11-17(10-15-2-4-18(24)5-3-15)20(26-22)21(28)25-12-16-6-8-31-9-7-16/h2-5,11,14,16H,6-10,12-13H2,1H3,(H,25,28)(H,29,30). The zero-order valence-electron chi connectivity index (χ0n) is 17.8. The number of ether oxygens (including phenoxy) is 2. The first kappa shape index (κ1) is 22.0. The highest BCUT2D eigenvalue weighted by Gasteiger charge is 2.32. The minimum absolute atomic E-state index is 0.115. The number of nitrogens with one attached hydrogen (secondary N) is 1. The first-order chi connectivity index (χ1) is 15.4. The predicted octanol–water partition coefficient (Wildman–Crippen LogP) is 3.23. The lowest BCUT2D eigenvalue weighted by Gasteiger charge is -2.32. The molecule has 2 aliphatic heterocycles. The van der Waals surface area contributed by atoms with Crippen LogP contribution in [-0.4, -0.2) is 54.5 Å². The van der Waals surface area contributed by atoms with Gasteiger partial charge in [-0.15, -0.1) is 0 Å². The third-order valence-corrected chi connectivity index (χ3v) is 5.83. The van der Waals surface area contributed by atoms with Crippen LogP contribution in [0.2, 0.25) is 0 Å². The molecule has 1 atom stereocenters. The van der Waals surface area contributed by atoms with Gasteiger partial charge in [0.15, 0.2) is 0 Å². The lowest BCUT2D eigenvalue weighted by molar-refractivity contribution is 0.0641. The van der Waals surface area contributed by atoms with Gasteiger partial charge >= 0.3 is 6.09 Å². The van der Waals surface area contributed by atoms with Gasteiger partial charge in [-0.1, -0.05) is 12.1 Å². The van der Waals surface area contributed by atoms with Gasteiger partial charge in [0.2, 0.25) is 5.88 Å². The maximum atomic E-state index is 13.3. The van der Waals surface area contributed by atoms with Gasteiger partial charge in [-0.3, -0.25) is 9.69 Å². The van der Waals surface area contributed by atoms with E-state index in [4.69, 9.17) is 9.47 Å². The first-order valence-electron chi connectivity index (χ1n) is 10.7. The maximum Gasteiger partial charge on any atom is 0.412 e. The molecular weight excluding hydrogens is 417 g/mol. The van der Waals surface area contributed by atoms with Crippen LogP contribution in [0.1, 0.15) is 41.4 Å². The monoisotopic (exact) mass is 443 g/mol. The number of hydrogen-bond acceptors (Lipinski definition) is 5. The minimum atomic E-state index is -1.12. The Morgan fingerprint density at radius 2 is 1.97 bits per heavy atom. The Morgan fingerprint density at radius 3 is 2.66 bits per heavy atom. The van der Waals surface area contributed by atoms with Crippen LogP contribution in [0.3, 0.4) is 0 Å². The van der Waals surface area contributed by atoms with E-state index in [1.807, 2.05) is 0 Å². The zero-order valence-corrected chi connectivity index (χ0v) is 17.8. The molecule has 1 fully saturated rings. The van der Waals surface area contributed by atoms with Crippen LogP contribution in [0.15, 0.2) is 30.3 Å². The second-order valence-corrected chi connectivity index (χ2v) is 8.20. The Hall–Kier alpha value is -3.20. The summed E-state index contributed by atoms with van der Waals surface area (Å²) in [6.07, 6.45) is 0.944. The Balaban J connectivity index is 1.66. The van der Waals surface area contributed by atoms with Crippen LogP contribution in [0.5, 0.6) is 5.88 Å². The Labute approximate surface area is 185 Å². The molecule has 8 nitrogen and oxygen atoms in total. The van der Waals surface area contributed by atoms with Crippen molar-refractivity contribution in [1.29, 1.82) is 0 Å². The number of aromatic nitrogens is 1. The molecule has 0 radical (unpaired) electrons. The van der Waals surface area contributed by atoms with E-state index in [0.717, 1.165) is 18.4 Å². The summed E-state index contributed by atoms with van der Waals surface area (Å²) < 4.78 is 24.4. The zero-order chi connectivity index (χ0) is 22.7. The van der Waals surface area contributed by atoms with E-state index in [2.05, 4.69) is 10.3 Å². The second kappa shape index (κ2) is 9.52. The molecule has 2 aliphatic rings. The van der Waals surface area contributed by atoms with Crippen LogP contribution in [0.25, 0.3) is 0 Å². The number of benzene rings is 1. The Morgan fingerprint density at radius 1 is 1.25 bits per heavy atom. The summed E-state index contributed by atoms with van der Waals surface area (Å²) in [5.74, 6) is -0.249. The Bertz CT molecular complexity index is 992. The van der Waals surface area contributed by atoms with Crippen molar-refractivity contribution in [3.63, 3.8) is 0 Å². The maximum absolute atomic E-state index is 13.3. The third-order valence-electron chi connectivity index (χ3n) is 5.83. The number of carboxylic acid groups (broad SMARTS) is 1. The van der Waals surface area contributed by atoms with Crippen molar-refractivity contribution in [3.05, 3.63) is 53.0 Å². The van der Waals surface area contributed by atoms with Crippen molar-refractivity contribution in [3.8, 4) is 5.88 Å². The fourth-order valence-electron chi connectivity index (χ4n) is 4.03. The molecule has 2 aromatic rings. The number of amides is 2. The van der Waals surface area contributed by atoms with E-state index in [1.165, 1.54) is 17.0 Å². The number of halogens is 1. The summed E-state index contributed by atoms with van der Waals surface area (Å²) >= 11 is 0. The SMILES string of the molecule is CC1COc2nc(C(=O)NCC3CCOCC3)c(Cc3ccc(F)cc3)cc2N1C(=O)O. The summed E-state index contributed by atoms with van der Waals surface area (Å²) in [6.45, 7) is 3.77. The van der Waals surface area contributed by atoms with Gasteiger partial charge in [0.05, 0.1) is 6.04 Å². The molecule has 9 heteroatoms. The van der Waals surface area contributed by atoms with Gasteiger partial charge in [-0.05, 0) is 61.4 Å². The molecule has 0 spiro atoms. The number of nitrogens with zero attached hydrogens (tertiary/aromatic N) is 2. The van der Waals surface area contributed by atoms with Crippen LogP contribution < -0.4 is 15.0 Å². The molecule has 1 saturated heterocycles. The van der Waals surface area contributed by atoms with Gasteiger partial charge in [-0.25, -0.2) is 14.2 Å². The summed E-state index contributed by atoms with van der Waals surface area (Å²) in [6, 6.07) is 7.20. The summed E-state index contributed by atoms with van der Waals surface area (Å²) in [7, 11) is 0. The molecule has 0 aliphatic carbocycles. The van der Waals surface area contributed by atoms with Crippen molar-refractivity contribution in [1.82, 2.24) is 10.3 Å². The largest absolute Gasteiger partial charge is 0.474 e. The smallest absolute Gasteiger partial charge is 0.412 e. The Kier molecular flexibility index (Phi) is 6.55. The molecule has 1 aromatic carbocycles. The van der Waals surface area contributed by atoms with Crippen molar-refractivity contribution >= 4 is 17.7 Å². The van der Waals surface area contributed by atoms with E-state index in [-0.39, 0.29) is 29.9 Å². The van der Waals surface area contributed by atoms with Gasteiger partial charge in [0, 0.05) is 19.8 Å². The average molecular weight is 443 g/mol. The highest BCUT2D eigenvalue weighted by atomic mass is 19.1. The van der Waals surface area contributed by atoms with Crippen molar-refractivity contribution in [2.75, 3.05) is 31.3 Å². The van der Waals surface area contributed by atoms with E-state index in [1.54, 1.807) is 25.1 Å². The molecule has 0 saturated carbocycles. The molecular formula is C23H26FN3O5. The number of hydrogen-bond donors (Lipinski definition) is 2. The number of pyridine rings is 1. The number of anilines is 1. The molecule has 4 rings (SSSR count). The molecule has 170 valence electrons. The summed E-state index contributed by atoms with van der Waals surface area (Å²) in [5.41, 5.74) is 1.80. The van der Waals surface area contributed by atoms with Crippen LogP contribution >= 0.6 is 0 Å². The highest BCUT2D eigenvalue weighted by Crippen LogP contribution is 2.35. The van der Waals surface area contributed by atoms with E-state index < -0.39 is 12.1 Å². The summed E-state index contributed by atoms with van der Waals surface area (Å²) in [4.78, 5) is 30.5. The van der Waals surface area contributed by atoms with Crippen LogP contribution in [-0.2, 0) is 11.2 Å². The van der Waals surface area contributed by atoms with Crippen molar-refractivity contribution in [2.45, 2.75) is 32.2 Å². The molecule has 2 N–H and O–H groups in total. The molecule has 1 aromatic heterocycles. The second-order valence-electron chi connectivity index (χ2n) is 8.20. The fraction of sp³-hybridized carbons (Fsp3) is 0.435. The number of carbonyl (C=O) groups excluding carboxylic acids is 1. The molecule has 3 heterocycles. The van der Waals surface area contributed by atoms with Crippen molar-refractivity contribution < 1.29 is 28.6 Å². The summed E-state index contributed by atoms with van der Waals surface area (Å²) in [5, 5.41) is 12.6. The van der Waals surface area contributed by atoms with Gasteiger partial charge in [0.25, 0.3) is 5.91 Å². The molecule has 32 heavy (non-hydrogen) atoms. The van der Waals surface area contributed by atoms with Crippen LogP contribution in [0, 0.1) is 11.7 Å². The van der Waals surface area contributed by atoms with Gasteiger partial charge in [0.1, 0.15) is 23.8 Å². The highest BCUT2D eigenvalue weighted by molar-refractivity contribution is 5.96. The number of rotatable bonds is 5. The average Bonchev–Trinajstić information content (AvgIpc) is 2.79. The molecule has 2 amide bonds. The van der Waals surface area contributed by atoms with Crippen molar-refractivity contribution in [2.24, 2.45) is 5.92 Å². The number of fused-ring (bicyclic) bond motifs is 1. The molecule has 0 bridgehead atoms. The fourth-order valence-corrected chi connectivity index (χ4v) is 4.03. The normalized spacial score (nSPS) is 18.6. The van der Waals surface area contributed by atoms with Crippen LogP contribution in [0.4, 0.5) is 14.9 Å². The lowest BCUT2D eigenvalue weighted by Crippen LogP contribution is -2.45. The quantitative estimate of drug-likeness (QED) is 0.736. The number of carbonyl (C=O) groups is 2. The third kappa shape index (κ3) is 4.83.